The van der Waals surface area contributed by atoms with Crippen molar-refractivity contribution < 1.29 is 5.11 Å². The summed E-state index contributed by atoms with van der Waals surface area (Å²) in [5.41, 5.74) is 0. The molecule has 0 bridgehead atoms. The number of aromatic hydroxyl groups is 1. The molecule has 1 N–H and O–H groups in total. The van der Waals surface area contributed by atoms with Crippen LogP contribution in [0.5, 0.6) is 5.75 Å². The highest BCUT2D eigenvalue weighted by atomic mass is 127. The molecule has 0 spiro atoms. The third kappa shape index (κ3) is 0.795. The molecule has 44 valence electrons. The zero-order valence-electron chi connectivity index (χ0n) is 4.30. The van der Waals surface area contributed by atoms with E-state index in [1.165, 1.54) is 6.20 Å². The SMILES string of the molecule is Cn1ncc(O)c1I. The van der Waals surface area contributed by atoms with Gasteiger partial charge in [-0.2, -0.15) is 5.10 Å². The predicted molar refractivity (Wildman–Crippen MR) is 37.6 cm³/mol. The van der Waals surface area contributed by atoms with E-state index in [1.54, 1.807) is 11.7 Å². The maximum atomic E-state index is 8.85. The highest BCUT2D eigenvalue weighted by molar-refractivity contribution is 14.1. The number of rotatable bonds is 0. The van der Waals surface area contributed by atoms with Crippen molar-refractivity contribution >= 4 is 22.6 Å². The van der Waals surface area contributed by atoms with Gasteiger partial charge < -0.3 is 5.11 Å². The first kappa shape index (κ1) is 5.87. The summed E-state index contributed by atoms with van der Waals surface area (Å²) in [5, 5.41) is 12.6. The first-order valence-corrected chi connectivity index (χ1v) is 3.16. The summed E-state index contributed by atoms with van der Waals surface area (Å²) in [4.78, 5) is 0. The van der Waals surface area contributed by atoms with Crippen LogP contribution in [0.2, 0.25) is 0 Å². The molecule has 0 aliphatic heterocycles. The number of aryl methyl sites for hydroxylation is 1. The maximum absolute atomic E-state index is 8.85. The molecular formula is C4H5IN2O. The van der Waals surface area contributed by atoms with E-state index in [9.17, 15) is 0 Å². The van der Waals surface area contributed by atoms with Crippen molar-refractivity contribution in [3.63, 3.8) is 0 Å². The zero-order valence-corrected chi connectivity index (χ0v) is 6.45. The highest BCUT2D eigenvalue weighted by Crippen LogP contribution is 2.15. The van der Waals surface area contributed by atoms with Crippen molar-refractivity contribution in [3.8, 4) is 5.75 Å². The second-order valence-corrected chi connectivity index (χ2v) is 2.47. The molecule has 0 aliphatic carbocycles. The highest BCUT2D eigenvalue weighted by Gasteiger charge is 1.99. The van der Waals surface area contributed by atoms with Crippen LogP contribution in [0.1, 0.15) is 0 Å². The minimum absolute atomic E-state index is 0.244. The number of hydrogen-bond donors (Lipinski definition) is 1. The van der Waals surface area contributed by atoms with Gasteiger partial charge in [0, 0.05) is 7.05 Å². The van der Waals surface area contributed by atoms with Crippen LogP contribution in [0.4, 0.5) is 0 Å². The van der Waals surface area contributed by atoms with E-state index in [0.29, 0.717) is 0 Å². The largest absolute Gasteiger partial charge is 0.504 e. The van der Waals surface area contributed by atoms with E-state index in [4.69, 9.17) is 5.11 Å². The van der Waals surface area contributed by atoms with Crippen LogP contribution in [-0.4, -0.2) is 14.9 Å². The number of halogens is 1. The first-order chi connectivity index (χ1) is 3.72. The van der Waals surface area contributed by atoms with E-state index in [1.807, 2.05) is 22.6 Å². The van der Waals surface area contributed by atoms with Gasteiger partial charge in [0.2, 0.25) is 0 Å². The van der Waals surface area contributed by atoms with Crippen molar-refractivity contribution in [1.82, 2.24) is 9.78 Å². The second-order valence-electron chi connectivity index (χ2n) is 1.44. The van der Waals surface area contributed by atoms with Crippen LogP contribution in [0.3, 0.4) is 0 Å². The first-order valence-electron chi connectivity index (χ1n) is 2.08. The summed E-state index contributed by atoms with van der Waals surface area (Å²) < 4.78 is 2.37. The summed E-state index contributed by atoms with van der Waals surface area (Å²) in [5.74, 6) is 0.244. The van der Waals surface area contributed by atoms with E-state index in [0.717, 1.165) is 3.70 Å². The van der Waals surface area contributed by atoms with Gasteiger partial charge in [0.25, 0.3) is 0 Å². The van der Waals surface area contributed by atoms with Gasteiger partial charge in [-0.3, -0.25) is 4.68 Å². The molecule has 0 saturated heterocycles. The molecule has 3 nitrogen and oxygen atoms in total. The van der Waals surface area contributed by atoms with Gasteiger partial charge >= 0.3 is 0 Å². The molecule has 0 radical (unpaired) electrons. The predicted octanol–water partition coefficient (Wildman–Crippen LogP) is 0.730. The lowest BCUT2D eigenvalue weighted by Crippen LogP contribution is -1.90. The van der Waals surface area contributed by atoms with Crippen molar-refractivity contribution in [3.05, 3.63) is 9.90 Å². The van der Waals surface area contributed by atoms with Gasteiger partial charge in [-0.1, -0.05) is 0 Å². The topological polar surface area (TPSA) is 38.0 Å². The van der Waals surface area contributed by atoms with Gasteiger partial charge in [0.05, 0.1) is 6.20 Å². The molecule has 0 aliphatic rings. The molecular weight excluding hydrogens is 219 g/mol. The number of aromatic nitrogens is 2. The molecule has 1 heterocycles. The molecule has 0 aromatic carbocycles. The van der Waals surface area contributed by atoms with Crippen LogP contribution in [0.15, 0.2) is 6.20 Å². The summed E-state index contributed by atoms with van der Waals surface area (Å²) in [6, 6.07) is 0. The van der Waals surface area contributed by atoms with Crippen LogP contribution < -0.4 is 0 Å². The third-order valence-corrected chi connectivity index (χ3v) is 2.10. The average molecular weight is 224 g/mol. The summed E-state index contributed by atoms with van der Waals surface area (Å²) >= 11 is 2.01. The Labute approximate surface area is 60.5 Å². The molecule has 0 amide bonds. The molecule has 0 fully saturated rings. The average Bonchev–Trinajstić information content (AvgIpc) is 1.98. The number of nitrogens with zero attached hydrogens (tertiary/aromatic N) is 2. The Morgan fingerprint density at radius 2 is 2.50 bits per heavy atom. The van der Waals surface area contributed by atoms with Crippen LogP contribution >= 0.6 is 22.6 Å². The lowest BCUT2D eigenvalue weighted by molar-refractivity contribution is 0.470. The Balaban J connectivity index is 3.19. The monoisotopic (exact) mass is 224 g/mol. The Morgan fingerprint density at radius 3 is 2.62 bits per heavy atom. The summed E-state index contributed by atoms with van der Waals surface area (Å²) in [6.07, 6.45) is 1.42. The van der Waals surface area contributed by atoms with Gasteiger partial charge in [-0.05, 0) is 22.6 Å². The zero-order chi connectivity index (χ0) is 6.15. The fraction of sp³-hybridized carbons (Fsp3) is 0.250. The Morgan fingerprint density at radius 1 is 1.88 bits per heavy atom. The molecule has 1 aromatic rings. The lowest BCUT2D eigenvalue weighted by atomic mass is 10.7. The van der Waals surface area contributed by atoms with Crippen molar-refractivity contribution in [2.75, 3.05) is 0 Å². The summed E-state index contributed by atoms with van der Waals surface area (Å²) in [6.45, 7) is 0. The molecule has 1 aromatic heterocycles. The quantitative estimate of drug-likeness (QED) is 0.659. The van der Waals surface area contributed by atoms with E-state index >= 15 is 0 Å². The van der Waals surface area contributed by atoms with Gasteiger partial charge in [0.15, 0.2) is 5.75 Å². The fourth-order valence-corrected chi connectivity index (χ4v) is 0.675. The minimum atomic E-state index is 0.244. The van der Waals surface area contributed by atoms with Crippen LogP contribution in [-0.2, 0) is 7.05 Å². The molecule has 4 heteroatoms. The third-order valence-electron chi connectivity index (χ3n) is 0.849. The van der Waals surface area contributed by atoms with Gasteiger partial charge in [-0.15, -0.1) is 0 Å². The fourth-order valence-electron chi connectivity index (χ4n) is 0.411. The van der Waals surface area contributed by atoms with Crippen molar-refractivity contribution in [2.45, 2.75) is 0 Å². The van der Waals surface area contributed by atoms with E-state index in [-0.39, 0.29) is 5.75 Å². The standard InChI is InChI=1S/C4H5IN2O/c1-7-4(5)3(8)2-6-7/h2,8H,1H3. The molecule has 0 saturated carbocycles. The smallest absolute Gasteiger partial charge is 0.167 e. The van der Waals surface area contributed by atoms with Gasteiger partial charge in [-0.25, -0.2) is 0 Å². The molecule has 8 heavy (non-hydrogen) atoms. The Hall–Kier alpha value is -0.260. The Bertz CT molecular complexity index is 176. The minimum Gasteiger partial charge on any atom is -0.504 e. The Kier molecular flexibility index (Phi) is 1.41. The maximum Gasteiger partial charge on any atom is 0.167 e. The lowest BCUT2D eigenvalue weighted by Gasteiger charge is -1.87. The van der Waals surface area contributed by atoms with Crippen LogP contribution in [0, 0.1) is 3.70 Å². The van der Waals surface area contributed by atoms with E-state index < -0.39 is 0 Å². The van der Waals surface area contributed by atoms with E-state index in [2.05, 4.69) is 5.10 Å². The molecule has 0 atom stereocenters. The van der Waals surface area contributed by atoms with Gasteiger partial charge in [0.1, 0.15) is 3.70 Å². The molecule has 0 unspecified atom stereocenters. The van der Waals surface area contributed by atoms with Crippen LogP contribution in [0.25, 0.3) is 0 Å². The van der Waals surface area contributed by atoms with Crippen molar-refractivity contribution in [1.29, 1.82) is 0 Å². The number of hydrogen-bond acceptors (Lipinski definition) is 2. The second kappa shape index (κ2) is 1.93. The molecule has 1 rings (SSSR count). The van der Waals surface area contributed by atoms with Crippen molar-refractivity contribution in [2.24, 2.45) is 7.05 Å². The summed E-state index contributed by atoms with van der Waals surface area (Å²) in [7, 11) is 1.78. The normalized spacial score (nSPS) is 9.75.